The van der Waals surface area contributed by atoms with Crippen LogP contribution in [0, 0.1) is 6.92 Å². The van der Waals surface area contributed by atoms with Gasteiger partial charge in [-0.1, -0.05) is 12.1 Å². The first-order valence-corrected chi connectivity index (χ1v) is 18.2. The summed E-state index contributed by atoms with van der Waals surface area (Å²) in [7, 11) is -4.21. The van der Waals surface area contributed by atoms with E-state index in [2.05, 4.69) is 4.98 Å². The molecule has 2 aliphatic rings. The van der Waals surface area contributed by atoms with Gasteiger partial charge in [0.25, 0.3) is 0 Å². The molecular formula is C29H35F3N8O5S2. The Morgan fingerprint density at radius 3 is 2.43 bits per heavy atom. The molecule has 2 fully saturated rings. The quantitative estimate of drug-likeness (QED) is 0.270. The highest BCUT2D eigenvalue weighted by Gasteiger charge is 2.33. The molecule has 0 spiro atoms. The van der Waals surface area contributed by atoms with E-state index < -0.39 is 31.8 Å². The lowest BCUT2D eigenvalue weighted by atomic mass is 9.98. The van der Waals surface area contributed by atoms with Gasteiger partial charge in [0.15, 0.2) is 21.3 Å². The number of aromatic nitrogens is 5. The predicted molar refractivity (Wildman–Crippen MR) is 168 cm³/mol. The number of morpholine rings is 1. The second kappa shape index (κ2) is 12.5. The summed E-state index contributed by atoms with van der Waals surface area (Å²) in [6, 6.07) is 5.84. The minimum atomic E-state index is -4.54. The van der Waals surface area contributed by atoms with E-state index in [0.717, 1.165) is 14.3 Å². The smallest absolute Gasteiger partial charge is 0.378 e. The lowest BCUT2D eigenvalue weighted by Gasteiger charge is -2.28. The lowest BCUT2D eigenvalue weighted by molar-refractivity contribution is -0.138. The van der Waals surface area contributed by atoms with Crippen LogP contribution >= 0.6 is 0 Å². The Labute approximate surface area is 270 Å². The Kier molecular flexibility index (Phi) is 8.84. The molecule has 6 rings (SSSR count). The second-order valence-corrected chi connectivity index (χ2v) is 16.2. The number of hydrogen-bond acceptors (Lipinski definition) is 10. The minimum absolute atomic E-state index is 0.00902. The van der Waals surface area contributed by atoms with E-state index in [1.54, 1.807) is 16.6 Å². The Hall–Kier alpha value is -3.58. The third-order valence-electron chi connectivity index (χ3n) is 8.57. The van der Waals surface area contributed by atoms with E-state index in [1.807, 2.05) is 9.80 Å². The molecule has 0 amide bonds. The predicted octanol–water partition coefficient (Wildman–Crippen LogP) is 2.23. The number of sulfone groups is 1. The van der Waals surface area contributed by atoms with Gasteiger partial charge in [0.1, 0.15) is 6.33 Å². The molecule has 4 aromatic rings. The average Bonchev–Trinajstić information content (AvgIpc) is 3.65. The molecule has 18 heteroatoms. The molecule has 2 saturated heterocycles. The highest BCUT2D eigenvalue weighted by atomic mass is 32.2. The number of ether oxygens (including phenoxy) is 1. The fraction of sp³-hybridized carbons (Fsp3) is 0.483. The van der Waals surface area contributed by atoms with Crippen molar-refractivity contribution in [2.24, 2.45) is 0 Å². The Morgan fingerprint density at radius 2 is 1.77 bits per heavy atom. The van der Waals surface area contributed by atoms with Crippen molar-refractivity contribution in [3.63, 3.8) is 0 Å². The Morgan fingerprint density at radius 1 is 1.06 bits per heavy atom. The third-order valence-corrected chi connectivity index (χ3v) is 11.8. The molecule has 0 saturated carbocycles. The molecule has 1 aromatic carbocycles. The summed E-state index contributed by atoms with van der Waals surface area (Å²) in [6.45, 7) is 4.24. The first-order chi connectivity index (χ1) is 22.1. The van der Waals surface area contributed by atoms with Crippen LogP contribution < -0.4 is 4.90 Å². The first-order valence-electron chi connectivity index (χ1n) is 14.9. The number of halogens is 3. The summed E-state index contributed by atoms with van der Waals surface area (Å²) in [5.41, 5.74) is 1.97. The van der Waals surface area contributed by atoms with Gasteiger partial charge in [0.05, 0.1) is 52.9 Å². The molecule has 3 aromatic heterocycles. The van der Waals surface area contributed by atoms with Crippen molar-refractivity contribution in [2.75, 3.05) is 69.9 Å². The van der Waals surface area contributed by atoms with E-state index in [4.69, 9.17) is 14.8 Å². The van der Waals surface area contributed by atoms with Crippen molar-refractivity contribution in [2.45, 2.75) is 26.1 Å². The Bertz CT molecular complexity index is 2010. The van der Waals surface area contributed by atoms with Crippen LogP contribution in [0.4, 0.5) is 19.0 Å². The summed E-state index contributed by atoms with van der Waals surface area (Å²) in [5.74, 6) is 0.520. The van der Waals surface area contributed by atoms with Crippen molar-refractivity contribution in [3.05, 3.63) is 64.9 Å². The molecule has 0 atom stereocenters. The van der Waals surface area contributed by atoms with Crippen LogP contribution in [-0.2, 0) is 43.9 Å². The van der Waals surface area contributed by atoms with Gasteiger partial charge >= 0.3 is 16.4 Å². The number of anilines is 1. The molecule has 5 heterocycles. The van der Waals surface area contributed by atoms with Crippen LogP contribution in [0.3, 0.4) is 0 Å². The number of imidazole rings is 2. The van der Waals surface area contributed by atoms with Gasteiger partial charge in [-0.3, -0.25) is 4.90 Å². The van der Waals surface area contributed by atoms with Crippen LogP contribution in [0.25, 0.3) is 16.9 Å². The topological polar surface area (TPSA) is 135 Å². The number of alkyl halides is 3. The normalized spacial score (nSPS) is 18.0. The summed E-state index contributed by atoms with van der Waals surface area (Å²) in [5, 5.41) is 4.93. The molecule has 47 heavy (non-hydrogen) atoms. The van der Waals surface area contributed by atoms with Crippen molar-refractivity contribution in [1.29, 1.82) is 0 Å². The average molecular weight is 697 g/mol. The molecular weight excluding hydrogens is 661 g/mol. The molecule has 0 aliphatic carbocycles. The minimum Gasteiger partial charge on any atom is -0.378 e. The number of hydrogen-bond donors (Lipinski definition) is 0. The van der Waals surface area contributed by atoms with Crippen molar-refractivity contribution in [3.8, 4) is 11.3 Å². The van der Waals surface area contributed by atoms with E-state index in [1.165, 1.54) is 39.6 Å². The standard InChI is InChI=1S/C29H35F3N8O5S2/c1-20-21(5-4-6-23(20)29(30,31)32)15-26-25(17-37-9-13-46(41,42)14-10-37)34-28-22(24-18-39(19-33-24)47(43,44)36(2)3)16-27(35-40(26)28)38-7-11-45-12-8-38/h4-6,16,18-19H,7-15,17H2,1-3H3. The van der Waals surface area contributed by atoms with E-state index in [0.29, 0.717) is 66.0 Å². The zero-order chi connectivity index (χ0) is 33.7. The fourth-order valence-electron chi connectivity index (χ4n) is 5.78. The lowest BCUT2D eigenvalue weighted by Crippen LogP contribution is -2.39. The van der Waals surface area contributed by atoms with Crippen LogP contribution in [0.1, 0.15) is 28.1 Å². The molecule has 2 aliphatic heterocycles. The zero-order valence-corrected chi connectivity index (χ0v) is 27.7. The van der Waals surface area contributed by atoms with Gasteiger partial charge in [0, 0.05) is 59.4 Å². The number of rotatable bonds is 8. The largest absolute Gasteiger partial charge is 0.416 e. The summed E-state index contributed by atoms with van der Waals surface area (Å²) < 4.78 is 101. The van der Waals surface area contributed by atoms with Gasteiger partial charge in [0.2, 0.25) is 0 Å². The fourth-order valence-corrected chi connectivity index (χ4v) is 7.83. The van der Waals surface area contributed by atoms with Gasteiger partial charge in [-0.05, 0) is 30.2 Å². The highest BCUT2D eigenvalue weighted by molar-refractivity contribution is 7.91. The van der Waals surface area contributed by atoms with Gasteiger partial charge in [-0.2, -0.15) is 25.9 Å². The molecule has 0 N–H and O–H groups in total. The maximum atomic E-state index is 13.9. The van der Waals surface area contributed by atoms with Crippen LogP contribution in [0.15, 0.2) is 36.8 Å². The monoisotopic (exact) mass is 696 g/mol. The third kappa shape index (κ3) is 6.74. The van der Waals surface area contributed by atoms with E-state index in [-0.39, 0.29) is 43.1 Å². The van der Waals surface area contributed by atoms with E-state index in [9.17, 15) is 30.0 Å². The Balaban J connectivity index is 1.55. The summed E-state index contributed by atoms with van der Waals surface area (Å²) in [4.78, 5) is 13.3. The second-order valence-electron chi connectivity index (χ2n) is 11.8. The number of benzene rings is 1. The molecule has 0 bridgehead atoms. The molecule has 0 radical (unpaired) electrons. The SMILES string of the molecule is Cc1c(Cc2c(CN3CCS(=O)(=O)CC3)nc3c(-c4cn(S(=O)(=O)N(C)C)cn4)cc(N4CCOCC4)nn23)cccc1C(F)(F)F. The van der Waals surface area contributed by atoms with Crippen molar-refractivity contribution in [1.82, 2.24) is 32.8 Å². The van der Waals surface area contributed by atoms with Gasteiger partial charge in [-0.25, -0.2) is 26.9 Å². The van der Waals surface area contributed by atoms with E-state index >= 15 is 0 Å². The van der Waals surface area contributed by atoms with Gasteiger partial charge in [-0.15, -0.1) is 5.10 Å². The highest BCUT2D eigenvalue weighted by Crippen LogP contribution is 2.35. The molecule has 0 unspecified atom stereocenters. The van der Waals surface area contributed by atoms with Crippen LogP contribution in [-0.4, -0.2) is 115 Å². The van der Waals surface area contributed by atoms with Crippen molar-refractivity contribution < 1.29 is 34.7 Å². The van der Waals surface area contributed by atoms with Gasteiger partial charge < -0.3 is 9.64 Å². The first kappa shape index (κ1) is 33.3. The number of fused-ring (bicyclic) bond motifs is 1. The van der Waals surface area contributed by atoms with Crippen LogP contribution in [0.5, 0.6) is 0 Å². The maximum Gasteiger partial charge on any atom is 0.416 e. The molecule has 254 valence electrons. The summed E-state index contributed by atoms with van der Waals surface area (Å²) >= 11 is 0. The zero-order valence-electron chi connectivity index (χ0n) is 26.1. The number of nitrogens with zero attached hydrogens (tertiary/aromatic N) is 8. The maximum absolute atomic E-state index is 13.9. The van der Waals surface area contributed by atoms with Crippen molar-refractivity contribution >= 4 is 31.5 Å². The summed E-state index contributed by atoms with van der Waals surface area (Å²) in [6.07, 6.45) is -1.90. The van der Waals surface area contributed by atoms with Crippen LogP contribution in [0.2, 0.25) is 0 Å². The molecule has 13 nitrogen and oxygen atoms in total.